The molecule has 0 atom stereocenters. The Hall–Kier alpha value is -2.70. The third kappa shape index (κ3) is 2.48. The van der Waals surface area contributed by atoms with Crippen LogP contribution in [0.4, 0.5) is 5.69 Å². The zero-order valence-electron chi connectivity index (χ0n) is 12.8. The van der Waals surface area contributed by atoms with Crippen LogP contribution in [0.2, 0.25) is 0 Å². The second-order valence-electron chi connectivity index (χ2n) is 6.11. The van der Waals surface area contributed by atoms with E-state index in [0.717, 1.165) is 11.3 Å². The molecule has 0 saturated heterocycles. The van der Waals surface area contributed by atoms with Crippen LogP contribution in [-0.4, -0.2) is 26.0 Å². The van der Waals surface area contributed by atoms with Crippen molar-refractivity contribution in [1.82, 2.24) is 19.9 Å². The van der Waals surface area contributed by atoms with Crippen LogP contribution in [0.25, 0.3) is 22.2 Å². The molecule has 1 aliphatic carbocycles. The largest absolute Gasteiger partial charge is 0.382 e. The molecule has 0 radical (unpaired) electrons. The van der Waals surface area contributed by atoms with E-state index in [4.69, 9.17) is 0 Å². The Balaban J connectivity index is 1.88. The van der Waals surface area contributed by atoms with E-state index in [1.165, 1.54) is 25.7 Å². The second-order valence-corrected chi connectivity index (χ2v) is 6.11. The molecule has 7 heteroatoms. The minimum atomic E-state index is -0.576. The Morgan fingerprint density at radius 1 is 1.09 bits per heavy atom. The van der Waals surface area contributed by atoms with Gasteiger partial charge < -0.3 is 5.32 Å². The number of anilines is 1. The van der Waals surface area contributed by atoms with E-state index in [1.54, 1.807) is 0 Å². The first-order chi connectivity index (χ1) is 11.1. The van der Waals surface area contributed by atoms with Crippen LogP contribution in [0.5, 0.6) is 0 Å². The summed E-state index contributed by atoms with van der Waals surface area (Å²) in [5, 5.41) is 3.56. The van der Waals surface area contributed by atoms with Crippen LogP contribution in [0.1, 0.15) is 31.2 Å². The molecule has 1 saturated carbocycles. The van der Waals surface area contributed by atoms with Crippen LogP contribution in [0.3, 0.4) is 0 Å². The van der Waals surface area contributed by atoms with Crippen molar-refractivity contribution in [3.8, 4) is 0 Å². The Labute approximate surface area is 131 Å². The number of aryl methyl sites for hydroxylation is 1. The quantitative estimate of drug-likeness (QED) is 0.626. The van der Waals surface area contributed by atoms with Crippen molar-refractivity contribution >= 4 is 27.9 Å². The van der Waals surface area contributed by atoms with Crippen molar-refractivity contribution in [3.05, 3.63) is 38.5 Å². The van der Waals surface area contributed by atoms with Crippen molar-refractivity contribution in [2.45, 2.75) is 38.6 Å². The minimum Gasteiger partial charge on any atom is -0.382 e. The number of nitrogens with zero attached hydrogens (tertiary/aromatic N) is 2. The Morgan fingerprint density at radius 3 is 2.61 bits per heavy atom. The fraction of sp³-hybridized carbons (Fsp3) is 0.375. The summed E-state index contributed by atoms with van der Waals surface area (Å²) < 4.78 is 0. The van der Waals surface area contributed by atoms with Gasteiger partial charge in [0.05, 0.1) is 11.0 Å². The molecule has 7 nitrogen and oxygen atoms in total. The van der Waals surface area contributed by atoms with Crippen molar-refractivity contribution in [2.75, 3.05) is 5.32 Å². The average molecular weight is 311 g/mol. The minimum absolute atomic E-state index is 0.146. The zero-order valence-corrected chi connectivity index (χ0v) is 12.8. The smallest absolute Gasteiger partial charge is 0.327 e. The summed E-state index contributed by atoms with van der Waals surface area (Å²) in [6.07, 6.45) is 4.89. The van der Waals surface area contributed by atoms with Gasteiger partial charge in [0.15, 0.2) is 11.2 Å². The molecule has 3 N–H and O–H groups in total. The first kappa shape index (κ1) is 13.9. The van der Waals surface area contributed by atoms with Gasteiger partial charge in [0.25, 0.3) is 5.56 Å². The number of nitrogens with one attached hydrogen (secondary N) is 3. The lowest BCUT2D eigenvalue weighted by atomic mass is 10.1. The highest BCUT2D eigenvalue weighted by Crippen LogP contribution is 2.27. The zero-order chi connectivity index (χ0) is 16.0. The fourth-order valence-electron chi connectivity index (χ4n) is 3.20. The number of aromatic amines is 2. The van der Waals surface area contributed by atoms with Gasteiger partial charge in [0.1, 0.15) is 0 Å². The summed E-state index contributed by atoms with van der Waals surface area (Å²) in [5.74, 6) is 0. The summed E-state index contributed by atoms with van der Waals surface area (Å²) >= 11 is 0. The number of fused-ring (bicyclic) bond motifs is 2. The number of aromatic nitrogens is 4. The van der Waals surface area contributed by atoms with Crippen LogP contribution in [-0.2, 0) is 0 Å². The molecule has 0 bridgehead atoms. The lowest BCUT2D eigenvalue weighted by Crippen LogP contribution is -2.23. The first-order valence-corrected chi connectivity index (χ1v) is 7.81. The molecule has 2 aromatic heterocycles. The fourth-order valence-corrected chi connectivity index (χ4v) is 3.20. The standard InChI is InChI=1S/C16H17N5O2/c1-8-6-11-12(7-10(8)17-9-4-2-3-5-9)19-14-13(18-11)15(22)21-16(23)20-14/h6-7,9,17H,2-5H2,1H3,(H2,19,20,21,22,23). The van der Waals surface area contributed by atoms with Gasteiger partial charge in [-0.25, -0.2) is 14.8 Å². The number of H-pyrrole nitrogens is 2. The van der Waals surface area contributed by atoms with Crippen molar-refractivity contribution in [1.29, 1.82) is 0 Å². The molecule has 0 spiro atoms. The number of hydrogen-bond donors (Lipinski definition) is 3. The maximum Gasteiger partial charge on any atom is 0.327 e. The molecule has 4 rings (SSSR count). The Kier molecular flexibility index (Phi) is 3.14. The summed E-state index contributed by atoms with van der Waals surface area (Å²) in [5.41, 5.74) is 2.66. The van der Waals surface area contributed by atoms with E-state index >= 15 is 0 Å². The van der Waals surface area contributed by atoms with Crippen LogP contribution in [0, 0.1) is 6.92 Å². The lowest BCUT2D eigenvalue weighted by Gasteiger charge is -2.16. The third-order valence-electron chi connectivity index (χ3n) is 4.40. The van der Waals surface area contributed by atoms with Crippen molar-refractivity contribution in [3.63, 3.8) is 0 Å². The first-order valence-electron chi connectivity index (χ1n) is 7.81. The molecule has 23 heavy (non-hydrogen) atoms. The van der Waals surface area contributed by atoms with Crippen LogP contribution >= 0.6 is 0 Å². The van der Waals surface area contributed by atoms with E-state index in [0.29, 0.717) is 17.1 Å². The van der Waals surface area contributed by atoms with Gasteiger partial charge in [-0.05, 0) is 37.5 Å². The third-order valence-corrected chi connectivity index (χ3v) is 4.40. The number of rotatable bonds is 2. The molecule has 1 aliphatic rings. The van der Waals surface area contributed by atoms with Gasteiger partial charge in [-0.15, -0.1) is 0 Å². The van der Waals surface area contributed by atoms with E-state index in [-0.39, 0.29) is 11.2 Å². The molecule has 2 heterocycles. The second kappa shape index (κ2) is 5.19. The monoisotopic (exact) mass is 311 g/mol. The van der Waals surface area contributed by atoms with E-state index in [2.05, 4.69) is 25.3 Å². The van der Waals surface area contributed by atoms with E-state index in [9.17, 15) is 9.59 Å². The molecular formula is C16H17N5O2. The number of hydrogen-bond acceptors (Lipinski definition) is 5. The van der Waals surface area contributed by atoms with Gasteiger partial charge in [-0.2, -0.15) is 0 Å². The normalized spacial score (nSPS) is 15.5. The van der Waals surface area contributed by atoms with Gasteiger partial charge in [0, 0.05) is 11.7 Å². The Morgan fingerprint density at radius 2 is 1.83 bits per heavy atom. The van der Waals surface area contributed by atoms with Crippen molar-refractivity contribution in [2.24, 2.45) is 0 Å². The van der Waals surface area contributed by atoms with Gasteiger partial charge in [0.2, 0.25) is 0 Å². The van der Waals surface area contributed by atoms with Gasteiger partial charge in [-0.1, -0.05) is 12.8 Å². The van der Waals surface area contributed by atoms with Gasteiger partial charge >= 0.3 is 5.69 Å². The van der Waals surface area contributed by atoms with Crippen molar-refractivity contribution < 1.29 is 0 Å². The lowest BCUT2D eigenvalue weighted by molar-refractivity contribution is 0.755. The highest BCUT2D eigenvalue weighted by Gasteiger charge is 2.16. The highest BCUT2D eigenvalue weighted by atomic mass is 16.2. The predicted molar refractivity (Wildman–Crippen MR) is 88.9 cm³/mol. The predicted octanol–water partition coefficient (Wildman–Crippen LogP) is 1.82. The maximum atomic E-state index is 11.8. The molecule has 3 aromatic rings. The maximum absolute atomic E-state index is 11.8. The summed E-state index contributed by atoms with van der Waals surface area (Å²) in [7, 11) is 0. The molecule has 1 aromatic carbocycles. The van der Waals surface area contributed by atoms with E-state index < -0.39 is 11.2 Å². The van der Waals surface area contributed by atoms with Gasteiger partial charge in [-0.3, -0.25) is 14.8 Å². The summed E-state index contributed by atoms with van der Waals surface area (Å²) in [6.45, 7) is 2.01. The average Bonchev–Trinajstić information content (AvgIpc) is 3.00. The van der Waals surface area contributed by atoms with E-state index in [1.807, 2.05) is 19.1 Å². The molecule has 0 unspecified atom stereocenters. The SMILES string of the molecule is Cc1cc2nc3c(=O)[nH]c(=O)[nH]c3nc2cc1NC1CCCC1. The molecule has 0 aliphatic heterocycles. The van der Waals surface area contributed by atoms with Crippen LogP contribution < -0.4 is 16.6 Å². The topological polar surface area (TPSA) is 104 Å². The summed E-state index contributed by atoms with van der Waals surface area (Å²) in [6, 6.07) is 4.36. The number of benzene rings is 1. The highest BCUT2D eigenvalue weighted by molar-refractivity contribution is 5.87. The molecular weight excluding hydrogens is 294 g/mol. The Bertz CT molecular complexity index is 1010. The molecule has 1 fully saturated rings. The van der Waals surface area contributed by atoms with Crippen LogP contribution in [0.15, 0.2) is 21.7 Å². The summed E-state index contributed by atoms with van der Waals surface area (Å²) in [4.78, 5) is 36.7. The molecule has 118 valence electrons. The molecule has 0 amide bonds.